The highest BCUT2D eigenvalue weighted by Crippen LogP contribution is 2.15. The number of hydrogen-bond acceptors (Lipinski definition) is 4. The summed E-state index contributed by atoms with van der Waals surface area (Å²) in [5, 5.41) is 5.35. The Morgan fingerprint density at radius 1 is 1.00 bits per heavy atom. The number of aromatic nitrogens is 1. The molecule has 0 aliphatic rings. The summed E-state index contributed by atoms with van der Waals surface area (Å²) in [4.78, 5) is 5.75. The summed E-state index contributed by atoms with van der Waals surface area (Å²) in [5.41, 5.74) is 4.98. The van der Waals surface area contributed by atoms with Crippen molar-refractivity contribution < 1.29 is 0 Å². The molecule has 0 aliphatic carbocycles. The fourth-order valence-corrected chi connectivity index (χ4v) is 2.40. The van der Waals surface area contributed by atoms with Crippen molar-refractivity contribution in [1.29, 1.82) is 0 Å². The second kappa shape index (κ2) is 6.41. The first-order chi connectivity index (χ1) is 10.3. The van der Waals surface area contributed by atoms with Crippen molar-refractivity contribution in [3.8, 4) is 0 Å². The van der Waals surface area contributed by atoms with Gasteiger partial charge in [-0.25, -0.2) is 4.98 Å². The highest BCUT2D eigenvalue weighted by Gasteiger charge is 1.96. The van der Waals surface area contributed by atoms with Crippen LogP contribution in [0.5, 0.6) is 0 Å². The number of hydrazone groups is 1. The number of nitrogens with one attached hydrogen (secondary N) is 1. The van der Waals surface area contributed by atoms with E-state index in [9.17, 15) is 0 Å². The first-order valence-electron chi connectivity index (χ1n) is 6.64. The van der Waals surface area contributed by atoms with Gasteiger partial charge in [0.1, 0.15) is 5.82 Å². The molecule has 0 bridgehead atoms. The normalized spacial score (nSPS) is 11.1. The van der Waals surface area contributed by atoms with Crippen molar-refractivity contribution in [2.45, 2.75) is 4.90 Å². The predicted octanol–water partition coefficient (Wildman–Crippen LogP) is 4.40. The van der Waals surface area contributed by atoms with Crippen molar-refractivity contribution in [2.24, 2.45) is 5.10 Å². The highest BCUT2D eigenvalue weighted by atomic mass is 32.2. The average Bonchev–Trinajstić information content (AvgIpc) is 2.55. The zero-order valence-corrected chi connectivity index (χ0v) is 12.5. The van der Waals surface area contributed by atoms with Crippen molar-refractivity contribution in [3.63, 3.8) is 0 Å². The van der Waals surface area contributed by atoms with Gasteiger partial charge in [0.25, 0.3) is 0 Å². The number of hydrogen-bond donors (Lipinski definition) is 1. The zero-order valence-electron chi connectivity index (χ0n) is 11.7. The van der Waals surface area contributed by atoms with Gasteiger partial charge in [0.05, 0.1) is 11.7 Å². The van der Waals surface area contributed by atoms with Gasteiger partial charge in [0.15, 0.2) is 0 Å². The molecule has 3 rings (SSSR count). The average molecular weight is 293 g/mol. The third-order valence-electron chi connectivity index (χ3n) is 3.11. The Hall–Kier alpha value is -2.33. The highest BCUT2D eigenvalue weighted by molar-refractivity contribution is 7.98. The molecule has 0 saturated heterocycles. The van der Waals surface area contributed by atoms with Crippen molar-refractivity contribution >= 4 is 34.7 Å². The maximum atomic E-state index is 4.51. The third kappa shape index (κ3) is 3.41. The van der Waals surface area contributed by atoms with Gasteiger partial charge in [-0.15, -0.1) is 11.8 Å². The number of pyridine rings is 1. The van der Waals surface area contributed by atoms with E-state index in [4.69, 9.17) is 0 Å². The summed E-state index contributed by atoms with van der Waals surface area (Å²) in [6.45, 7) is 0. The number of nitrogens with zero attached hydrogens (tertiary/aromatic N) is 2. The van der Waals surface area contributed by atoms with E-state index in [1.165, 1.54) is 4.90 Å². The minimum Gasteiger partial charge on any atom is -0.261 e. The molecule has 0 amide bonds. The second-order valence-electron chi connectivity index (χ2n) is 4.53. The van der Waals surface area contributed by atoms with E-state index >= 15 is 0 Å². The van der Waals surface area contributed by atoms with E-state index in [1.54, 1.807) is 18.0 Å². The standard InChI is InChI=1S/C17H15N3S/c1-21-15-9-6-13(7-10-15)12-18-20-17-11-8-14-4-2-3-5-16(14)19-17/h2-12H,1H3,(H,19,20). The van der Waals surface area contributed by atoms with Crippen LogP contribution in [0.25, 0.3) is 10.9 Å². The van der Waals surface area contributed by atoms with E-state index in [2.05, 4.69) is 33.9 Å². The first kappa shape index (κ1) is 13.6. The molecule has 104 valence electrons. The first-order valence-corrected chi connectivity index (χ1v) is 7.86. The Labute approximate surface area is 128 Å². The molecule has 0 radical (unpaired) electrons. The molecule has 0 saturated carbocycles. The number of rotatable bonds is 4. The largest absolute Gasteiger partial charge is 0.261 e. The van der Waals surface area contributed by atoms with E-state index < -0.39 is 0 Å². The van der Waals surface area contributed by atoms with Crippen LogP contribution >= 0.6 is 11.8 Å². The van der Waals surface area contributed by atoms with Crippen LogP contribution in [0.3, 0.4) is 0 Å². The van der Waals surface area contributed by atoms with Gasteiger partial charge in [-0.1, -0.05) is 30.3 Å². The number of benzene rings is 2. The Kier molecular flexibility index (Phi) is 4.17. The van der Waals surface area contributed by atoms with Crippen LogP contribution in [0.4, 0.5) is 5.82 Å². The molecule has 0 atom stereocenters. The summed E-state index contributed by atoms with van der Waals surface area (Å²) in [5.74, 6) is 0.741. The molecule has 0 unspecified atom stereocenters. The SMILES string of the molecule is CSc1ccc(C=NNc2ccc3ccccc3n2)cc1. The molecular weight excluding hydrogens is 278 g/mol. The molecule has 1 aromatic heterocycles. The molecule has 21 heavy (non-hydrogen) atoms. The molecule has 1 N–H and O–H groups in total. The topological polar surface area (TPSA) is 37.3 Å². The van der Waals surface area contributed by atoms with Crippen molar-refractivity contribution in [3.05, 3.63) is 66.2 Å². The number of fused-ring (bicyclic) bond motifs is 1. The van der Waals surface area contributed by atoms with Crippen LogP contribution in [0, 0.1) is 0 Å². The van der Waals surface area contributed by atoms with Gasteiger partial charge in [0, 0.05) is 10.3 Å². The predicted molar refractivity (Wildman–Crippen MR) is 91.2 cm³/mol. The molecule has 3 aromatic rings. The Balaban J connectivity index is 1.71. The van der Waals surface area contributed by atoms with Gasteiger partial charge in [-0.3, -0.25) is 5.43 Å². The summed E-state index contributed by atoms with van der Waals surface area (Å²) in [7, 11) is 0. The van der Waals surface area contributed by atoms with Gasteiger partial charge >= 0.3 is 0 Å². The molecule has 1 heterocycles. The number of thioether (sulfide) groups is 1. The minimum atomic E-state index is 0.741. The lowest BCUT2D eigenvalue weighted by molar-refractivity contribution is 1.26. The second-order valence-corrected chi connectivity index (χ2v) is 5.41. The van der Waals surface area contributed by atoms with Crippen LogP contribution in [0.1, 0.15) is 5.56 Å². The molecule has 3 nitrogen and oxygen atoms in total. The van der Waals surface area contributed by atoms with Gasteiger partial charge in [-0.05, 0) is 42.2 Å². The third-order valence-corrected chi connectivity index (χ3v) is 3.85. The van der Waals surface area contributed by atoms with Crippen molar-refractivity contribution in [1.82, 2.24) is 4.98 Å². The van der Waals surface area contributed by atoms with Gasteiger partial charge in [0.2, 0.25) is 0 Å². The Morgan fingerprint density at radius 3 is 2.62 bits per heavy atom. The van der Waals surface area contributed by atoms with E-state index in [-0.39, 0.29) is 0 Å². The summed E-state index contributed by atoms with van der Waals surface area (Å²) >= 11 is 1.73. The fourth-order valence-electron chi connectivity index (χ4n) is 1.99. The van der Waals surface area contributed by atoms with Crippen LogP contribution < -0.4 is 5.43 Å². The maximum absolute atomic E-state index is 4.51. The lowest BCUT2D eigenvalue weighted by atomic mass is 10.2. The quantitative estimate of drug-likeness (QED) is 0.440. The summed E-state index contributed by atoms with van der Waals surface area (Å²) < 4.78 is 0. The van der Waals surface area contributed by atoms with E-state index in [1.807, 2.05) is 48.5 Å². The Morgan fingerprint density at radius 2 is 1.81 bits per heavy atom. The van der Waals surface area contributed by atoms with Crippen LogP contribution in [-0.2, 0) is 0 Å². The summed E-state index contributed by atoms with van der Waals surface area (Å²) in [6, 6.07) is 20.2. The van der Waals surface area contributed by atoms with Crippen LogP contribution in [0.15, 0.2) is 70.7 Å². The Bertz CT molecular complexity index is 766. The lowest BCUT2D eigenvalue weighted by Gasteiger charge is -2.02. The summed E-state index contributed by atoms with van der Waals surface area (Å²) in [6.07, 6.45) is 3.86. The van der Waals surface area contributed by atoms with E-state index in [0.717, 1.165) is 22.3 Å². The minimum absolute atomic E-state index is 0.741. The molecule has 2 aromatic carbocycles. The van der Waals surface area contributed by atoms with Gasteiger partial charge in [-0.2, -0.15) is 5.10 Å². The van der Waals surface area contributed by atoms with E-state index in [0.29, 0.717) is 0 Å². The lowest BCUT2D eigenvalue weighted by Crippen LogP contribution is -1.93. The van der Waals surface area contributed by atoms with Crippen LogP contribution in [0.2, 0.25) is 0 Å². The molecule has 0 aliphatic heterocycles. The monoisotopic (exact) mass is 293 g/mol. The van der Waals surface area contributed by atoms with Crippen LogP contribution in [-0.4, -0.2) is 17.5 Å². The zero-order chi connectivity index (χ0) is 14.5. The maximum Gasteiger partial charge on any atom is 0.146 e. The number of para-hydroxylation sites is 1. The number of anilines is 1. The molecular formula is C17H15N3S. The molecule has 0 fully saturated rings. The fraction of sp³-hybridized carbons (Fsp3) is 0.0588. The van der Waals surface area contributed by atoms with Crippen molar-refractivity contribution in [2.75, 3.05) is 11.7 Å². The van der Waals surface area contributed by atoms with Gasteiger partial charge < -0.3 is 0 Å². The molecule has 0 spiro atoms. The molecule has 4 heteroatoms. The smallest absolute Gasteiger partial charge is 0.146 e.